The quantitative estimate of drug-likeness (QED) is 0.884. The topological polar surface area (TPSA) is 37.3 Å². The van der Waals surface area contributed by atoms with Crippen molar-refractivity contribution in [2.24, 2.45) is 0 Å². The van der Waals surface area contributed by atoms with E-state index in [-0.39, 0.29) is 4.88 Å². The largest absolute Gasteiger partial charge is 0.477 e. The molecule has 0 aliphatic carbocycles. The SMILES string of the molecule is O=C(O)c1sccc1-c1ccccc1CF. The fourth-order valence-corrected chi connectivity index (χ4v) is 2.33. The first-order valence-corrected chi connectivity index (χ1v) is 5.57. The molecule has 0 spiro atoms. The molecule has 1 aromatic heterocycles. The Bertz CT molecular complexity index is 519. The highest BCUT2D eigenvalue weighted by Crippen LogP contribution is 2.31. The van der Waals surface area contributed by atoms with E-state index in [1.54, 1.807) is 35.7 Å². The second-order valence-electron chi connectivity index (χ2n) is 3.26. The maximum Gasteiger partial charge on any atom is 0.346 e. The van der Waals surface area contributed by atoms with E-state index in [1.165, 1.54) is 0 Å². The molecule has 0 saturated heterocycles. The van der Waals surface area contributed by atoms with Crippen LogP contribution in [0.2, 0.25) is 0 Å². The normalized spacial score (nSPS) is 10.3. The standard InChI is InChI=1S/C12H9FO2S/c13-7-8-3-1-2-4-9(8)10-5-6-16-11(10)12(14)15/h1-6H,7H2,(H,14,15). The molecule has 1 aromatic carbocycles. The Kier molecular flexibility index (Phi) is 3.01. The monoisotopic (exact) mass is 236 g/mol. The van der Waals surface area contributed by atoms with Crippen LogP contribution in [0.1, 0.15) is 15.2 Å². The summed E-state index contributed by atoms with van der Waals surface area (Å²) >= 11 is 1.15. The van der Waals surface area contributed by atoms with Crippen LogP contribution in [0, 0.1) is 0 Å². The van der Waals surface area contributed by atoms with Gasteiger partial charge in [-0.25, -0.2) is 9.18 Å². The van der Waals surface area contributed by atoms with Gasteiger partial charge in [-0.1, -0.05) is 24.3 Å². The molecule has 1 N–H and O–H groups in total. The molecule has 0 radical (unpaired) electrons. The number of halogens is 1. The summed E-state index contributed by atoms with van der Waals surface area (Å²) < 4.78 is 12.8. The van der Waals surface area contributed by atoms with E-state index in [0.717, 1.165) is 11.3 Å². The molecular weight excluding hydrogens is 227 g/mol. The van der Waals surface area contributed by atoms with Crippen LogP contribution in [-0.2, 0) is 6.67 Å². The number of hydrogen-bond acceptors (Lipinski definition) is 2. The zero-order valence-electron chi connectivity index (χ0n) is 8.31. The van der Waals surface area contributed by atoms with Gasteiger partial charge in [-0.15, -0.1) is 11.3 Å². The van der Waals surface area contributed by atoms with Crippen molar-refractivity contribution in [1.29, 1.82) is 0 Å². The van der Waals surface area contributed by atoms with Gasteiger partial charge in [0.2, 0.25) is 0 Å². The van der Waals surface area contributed by atoms with Crippen LogP contribution < -0.4 is 0 Å². The first kappa shape index (κ1) is 10.8. The average molecular weight is 236 g/mol. The molecule has 0 fully saturated rings. The lowest BCUT2D eigenvalue weighted by Gasteiger charge is -2.05. The number of carboxylic acid groups (broad SMARTS) is 1. The summed E-state index contributed by atoms with van der Waals surface area (Å²) in [6.07, 6.45) is 0. The van der Waals surface area contributed by atoms with Gasteiger partial charge in [-0.2, -0.15) is 0 Å². The van der Waals surface area contributed by atoms with Crippen LogP contribution in [0.3, 0.4) is 0 Å². The van der Waals surface area contributed by atoms with Gasteiger partial charge in [-0.3, -0.25) is 0 Å². The van der Waals surface area contributed by atoms with Gasteiger partial charge in [0.25, 0.3) is 0 Å². The summed E-state index contributed by atoms with van der Waals surface area (Å²) in [4.78, 5) is 11.2. The molecular formula is C12H9FO2S. The van der Waals surface area contributed by atoms with Gasteiger partial charge < -0.3 is 5.11 Å². The molecule has 16 heavy (non-hydrogen) atoms. The van der Waals surface area contributed by atoms with Crippen LogP contribution in [0.4, 0.5) is 4.39 Å². The van der Waals surface area contributed by atoms with E-state index in [0.29, 0.717) is 16.7 Å². The number of aromatic carboxylic acids is 1. The van der Waals surface area contributed by atoms with Crippen molar-refractivity contribution < 1.29 is 14.3 Å². The first-order valence-electron chi connectivity index (χ1n) is 4.69. The molecule has 0 aliphatic heterocycles. The fourth-order valence-electron chi connectivity index (χ4n) is 1.59. The fraction of sp³-hybridized carbons (Fsp3) is 0.0833. The summed E-state index contributed by atoms with van der Waals surface area (Å²) in [5.74, 6) is -0.973. The summed E-state index contributed by atoms with van der Waals surface area (Å²) in [7, 11) is 0. The zero-order valence-corrected chi connectivity index (χ0v) is 9.13. The Hall–Kier alpha value is -1.68. The van der Waals surface area contributed by atoms with E-state index < -0.39 is 12.6 Å². The average Bonchev–Trinajstić information content (AvgIpc) is 2.77. The third-order valence-corrected chi connectivity index (χ3v) is 3.21. The Balaban J connectivity index is 2.58. The predicted molar refractivity (Wildman–Crippen MR) is 61.5 cm³/mol. The molecule has 0 unspecified atom stereocenters. The third kappa shape index (κ3) is 1.84. The van der Waals surface area contributed by atoms with Crippen molar-refractivity contribution in [3.63, 3.8) is 0 Å². The highest BCUT2D eigenvalue weighted by molar-refractivity contribution is 7.12. The number of carbonyl (C=O) groups is 1. The van der Waals surface area contributed by atoms with Crippen LogP contribution in [0.5, 0.6) is 0 Å². The van der Waals surface area contributed by atoms with Crippen LogP contribution in [0.15, 0.2) is 35.7 Å². The highest BCUT2D eigenvalue weighted by atomic mass is 32.1. The molecule has 0 bridgehead atoms. The van der Waals surface area contributed by atoms with Gasteiger partial charge in [0.15, 0.2) is 0 Å². The second kappa shape index (κ2) is 4.45. The molecule has 0 saturated carbocycles. The summed E-state index contributed by atoms with van der Waals surface area (Å²) in [6, 6.07) is 8.63. The third-order valence-electron chi connectivity index (χ3n) is 2.31. The van der Waals surface area contributed by atoms with E-state index in [1.807, 2.05) is 0 Å². The van der Waals surface area contributed by atoms with E-state index >= 15 is 0 Å². The second-order valence-corrected chi connectivity index (χ2v) is 4.18. The van der Waals surface area contributed by atoms with Crippen molar-refractivity contribution in [1.82, 2.24) is 0 Å². The molecule has 0 amide bonds. The zero-order chi connectivity index (χ0) is 11.5. The van der Waals surface area contributed by atoms with Crippen molar-refractivity contribution in [3.8, 4) is 11.1 Å². The number of alkyl halides is 1. The molecule has 82 valence electrons. The van der Waals surface area contributed by atoms with E-state index in [9.17, 15) is 9.18 Å². The number of rotatable bonds is 3. The number of carboxylic acids is 1. The van der Waals surface area contributed by atoms with Crippen LogP contribution in [-0.4, -0.2) is 11.1 Å². The Morgan fingerprint density at radius 3 is 2.69 bits per heavy atom. The van der Waals surface area contributed by atoms with Crippen molar-refractivity contribution in [2.75, 3.05) is 0 Å². The number of benzene rings is 1. The van der Waals surface area contributed by atoms with Crippen molar-refractivity contribution in [2.45, 2.75) is 6.67 Å². The van der Waals surface area contributed by atoms with Crippen molar-refractivity contribution >= 4 is 17.3 Å². The Morgan fingerprint density at radius 1 is 1.25 bits per heavy atom. The highest BCUT2D eigenvalue weighted by Gasteiger charge is 2.15. The Morgan fingerprint density at radius 2 is 2.00 bits per heavy atom. The minimum atomic E-state index is -0.973. The van der Waals surface area contributed by atoms with Crippen molar-refractivity contribution in [3.05, 3.63) is 46.2 Å². The lowest BCUT2D eigenvalue weighted by Crippen LogP contribution is -1.96. The lowest BCUT2D eigenvalue weighted by molar-refractivity contribution is 0.0703. The number of thiophene rings is 1. The molecule has 2 aromatic rings. The van der Waals surface area contributed by atoms with Gasteiger partial charge in [0, 0.05) is 5.56 Å². The molecule has 4 heteroatoms. The molecule has 0 atom stereocenters. The first-order chi connectivity index (χ1) is 7.74. The summed E-state index contributed by atoms with van der Waals surface area (Å²) in [6.45, 7) is -0.592. The van der Waals surface area contributed by atoms with Gasteiger partial charge in [0.05, 0.1) is 0 Å². The van der Waals surface area contributed by atoms with Gasteiger partial charge in [-0.05, 0) is 22.6 Å². The maximum absolute atomic E-state index is 12.8. The van der Waals surface area contributed by atoms with Crippen LogP contribution >= 0.6 is 11.3 Å². The van der Waals surface area contributed by atoms with E-state index in [4.69, 9.17) is 5.11 Å². The molecule has 0 aliphatic rings. The summed E-state index contributed by atoms with van der Waals surface area (Å²) in [5.41, 5.74) is 1.76. The van der Waals surface area contributed by atoms with Gasteiger partial charge in [0.1, 0.15) is 11.6 Å². The van der Waals surface area contributed by atoms with Gasteiger partial charge >= 0.3 is 5.97 Å². The van der Waals surface area contributed by atoms with Crippen LogP contribution in [0.25, 0.3) is 11.1 Å². The maximum atomic E-state index is 12.8. The smallest absolute Gasteiger partial charge is 0.346 e. The molecule has 2 nitrogen and oxygen atoms in total. The van der Waals surface area contributed by atoms with E-state index in [2.05, 4.69) is 0 Å². The predicted octanol–water partition coefficient (Wildman–Crippen LogP) is 3.58. The lowest BCUT2D eigenvalue weighted by atomic mass is 10.0. The Labute approximate surface area is 96.0 Å². The minimum Gasteiger partial charge on any atom is -0.477 e. The minimum absolute atomic E-state index is 0.251. The molecule has 2 rings (SSSR count). The summed E-state index contributed by atoms with van der Waals surface area (Å²) in [5, 5.41) is 10.7. The molecule has 1 heterocycles. The number of hydrogen-bond donors (Lipinski definition) is 1.